The van der Waals surface area contributed by atoms with Crippen LogP contribution in [0.15, 0.2) is 85.5 Å². The van der Waals surface area contributed by atoms with E-state index in [4.69, 9.17) is 18.9 Å². The number of rotatable bonds is 14. The number of carbonyl (C=O) groups excluding carboxylic acids is 2. The Bertz CT molecular complexity index is 1100. The van der Waals surface area contributed by atoms with Crippen molar-refractivity contribution in [3.8, 4) is 23.0 Å². The van der Waals surface area contributed by atoms with E-state index >= 15 is 0 Å². The Labute approximate surface area is 210 Å². The van der Waals surface area contributed by atoms with E-state index < -0.39 is 5.97 Å². The molecule has 0 spiro atoms. The zero-order valence-electron chi connectivity index (χ0n) is 20.1. The first-order valence-corrected chi connectivity index (χ1v) is 11.8. The lowest BCUT2D eigenvalue weighted by molar-refractivity contribution is -0.137. The molecule has 3 rings (SSSR count). The Morgan fingerprint density at radius 3 is 1.94 bits per heavy atom. The minimum absolute atomic E-state index is 0.0898. The van der Waals surface area contributed by atoms with Crippen LogP contribution < -0.4 is 14.2 Å². The van der Waals surface area contributed by atoms with Crippen molar-refractivity contribution >= 4 is 11.9 Å². The number of carbonyl (C=O) groups is 2. The van der Waals surface area contributed by atoms with Gasteiger partial charge in [-0.3, -0.25) is 0 Å². The Morgan fingerprint density at radius 2 is 1.31 bits per heavy atom. The molecule has 3 aromatic carbocycles. The van der Waals surface area contributed by atoms with Crippen LogP contribution >= 0.6 is 0 Å². The van der Waals surface area contributed by atoms with Crippen LogP contribution in [0.25, 0.3) is 0 Å². The van der Waals surface area contributed by atoms with Crippen LogP contribution in [0.5, 0.6) is 23.0 Å². The molecular formula is C29H30O7. The number of ether oxygens (including phenoxy) is 4. The quantitative estimate of drug-likeness (QED) is 0.131. The van der Waals surface area contributed by atoms with Gasteiger partial charge in [-0.15, -0.1) is 0 Å². The van der Waals surface area contributed by atoms with Crippen LogP contribution in [-0.2, 0) is 16.1 Å². The maximum absolute atomic E-state index is 12.2. The first kappa shape index (κ1) is 26.3. The third-order valence-corrected chi connectivity index (χ3v) is 5.18. The summed E-state index contributed by atoms with van der Waals surface area (Å²) in [4.78, 5) is 23.1. The van der Waals surface area contributed by atoms with Crippen molar-refractivity contribution in [1.29, 1.82) is 0 Å². The molecule has 1 N–H and O–H groups in total. The first-order chi connectivity index (χ1) is 17.5. The summed E-state index contributed by atoms with van der Waals surface area (Å²) in [6, 6.07) is 20.4. The van der Waals surface area contributed by atoms with Crippen LogP contribution in [0, 0.1) is 0 Å². The summed E-state index contributed by atoms with van der Waals surface area (Å²) in [5.41, 5.74) is 1.29. The van der Waals surface area contributed by atoms with Gasteiger partial charge >= 0.3 is 11.9 Å². The molecule has 7 heteroatoms. The normalized spacial score (nSPS) is 10.3. The van der Waals surface area contributed by atoms with Crippen molar-refractivity contribution in [2.24, 2.45) is 0 Å². The maximum atomic E-state index is 12.2. The zero-order chi connectivity index (χ0) is 25.6. The molecule has 0 radical (unpaired) electrons. The molecule has 7 nitrogen and oxygen atoms in total. The van der Waals surface area contributed by atoms with E-state index in [1.807, 2.05) is 36.4 Å². The van der Waals surface area contributed by atoms with E-state index in [9.17, 15) is 14.7 Å². The lowest BCUT2D eigenvalue weighted by Gasteiger charge is -2.10. The highest BCUT2D eigenvalue weighted by Crippen LogP contribution is 2.20. The molecule has 0 unspecified atom stereocenters. The number of benzene rings is 3. The second kappa shape index (κ2) is 14.2. The smallest absolute Gasteiger partial charge is 0.343 e. The summed E-state index contributed by atoms with van der Waals surface area (Å²) < 4.78 is 21.9. The molecule has 188 valence electrons. The van der Waals surface area contributed by atoms with Crippen molar-refractivity contribution in [3.05, 3.63) is 96.6 Å². The van der Waals surface area contributed by atoms with E-state index in [0.29, 0.717) is 31.1 Å². The number of unbranched alkanes of at least 4 members (excludes halogenated alkanes) is 3. The third-order valence-electron chi connectivity index (χ3n) is 5.18. The van der Waals surface area contributed by atoms with Crippen molar-refractivity contribution < 1.29 is 33.6 Å². The Morgan fingerprint density at radius 1 is 0.722 bits per heavy atom. The highest BCUT2D eigenvalue weighted by Gasteiger charge is 2.08. The molecule has 0 saturated carbocycles. The molecule has 0 aliphatic rings. The van der Waals surface area contributed by atoms with E-state index in [2.05, 4.69) is 6.58 Å². The largest absolute Gasteiger partial charge is 0.508 e. The van der Waals surface area contributed by atoms with Gasteiger partial charge in [0.2, 0.25) is 0 Å². The first-order valence-electron chi connectivity index (χ1n) is 11.8. The number of phenols is 1. The van der Waals surface area contributed by atoms with Gasteiger partial charge in [0.25, 0.3) is 0 Å². The molecule has 0 heterocycles. The second-order valence-electron chi connectivity index (χ2n) is 7.97. The average molecular weight is 491 g/mol. The molecule has 0 saturated heterocycles. The second-order valence-corrected chi connectivity index (χ2v) is 7.97. The molecule has 0 fully saturated rings. The number of aromatic hydroxyl groups is 1. The van der Waals surface area contributed by atoms with Gasteiger partial charge in [-0.05, 0) is 91.9 Å². The summed E-state index contributed by atoms with van der Waals surface area (Å²) in [6.07, 6.45) is 4.90. The van der Waals surface area contributed by atoms with E-state index in [0.717, 1.165) is 42.7 Å². The summed E-state index contributed by atoms with van der Waals surface area (Å²) in [7, 11) is 0. The average Bonchev–Trinajstić information content (AvgIpc) is 2.90. The minimum atomic E-state index is -0.493. The lowest BCUT2D eigenvalue weighted by atomic mass is 10.2. The summed E-state index contributed by atoms with van der Waals surface area (Å²) >= 11 is 0. The summed E-state index contributed by atoms with van der Waals surface area (Å²) in [6.45, 7) is 4.77. The van der Waals surface area contributed by atoms with Gasteiger partial charge in [-0.25, -0.2) is 9.59 Å². The Kier molecular flexibility index (Phi) is 10.4. The van der Waals surface area contributed by atoms with E-state index in [-0.39, 0.29) is 11.7 Å². The molecule has 0 aliphatic heterocycles. The van der Waals surface area contributed by atoms with Gasteiger partial charge in [0.05, 0.1) is 18.8 Å². The number of esters is 2. The van der Waals surface area contributed by atoms with E-state index in [1.54, 1.807) is 12.1 Å². The van der Waals surface area contributed by atoms with Crippen molar-refractivity contribution in [2.45, 2.75) is 32.3 Å². The van der Waals surface area contributed by atoms with Gasteiger partial charge in [-0.2, -0.15) is 0 Å². The monoisotopic (exact) mass is 490 g/mol. The van der Waals surface area contributed by atoms with Crippen LogP contribution in [0.3, 0.4) is 0 Å². The topological polar surface area (TPSA) is 91.3 Å². The summed E-state index contributed by atoms with van der Waals surface area (Å²) in [5.74, 6) is 1.14. The van der Waals surface area contributed by atoms with Gasteiger partial charge < -0.3 is 24.1 Å². The van der Waals surface area contributed by atoms with Crippen LogP contribution in [0.2, 0.25) is 0 Å². The highest BCUT2D eigenvalue weighted by molar-refractivity contribution is 5.91. The molecule has 3 aromatic rings. The summed E-state index contributed by atoms with van der Waals surface area (Å²) in [5, 5.41) is 9.31. The fourth-order valence-corrected chi connectivity index (χ4v) is 3.20. The van der Waals surface area contributed by atoms with E-state index in [1.165, 1.54) is 30.3 Å². The molecule has 0 amide bonds. The minimum Gasteiger partial charge on any atom is -0.508 e. The predicted molar refractivity (Wildman–Crippen MR) is 135 cm³/mol. The number of hydrogen-bond donors (Lipinski definition) is 1. The van der Waals surface area contributed by atoms with Crippen molar-refractivity contribution in [2.75, 3.05) is 13.2 Å². The fraction of sp³-hybridized carbons (Fsp3) is 0.241. The highest BCUT2D eigenvalue weighted by atomic mass is 16.5. The molecule has 0 bridgehead atoms. The molecule has 0 atom stereocenters. The SMILES string of the molecule is C=CC(=O)OCCCCCCOc1ccc(OCc2ccc(OC(=O)c3ccc(O)cc3)cc2)cc1. The predicted octanol–water partition coefficient (Wildman–Crippen LogP) is 5.86. The Hall–Kier alpha value is -4.26. The molecule has 0 aliphatic carbocycles. The van der Waals surface area contributed by atoms with Crippen molar-refractivity contribution in [3.63, 3.8) is 0 Å². The van der Waals surface area contributed by atoms with Gasteiger partial charge in [0.1, 0.15) is 29.6 Å². The zero-order valence-corrected chi connectivity index (χ0v) is 20.1. The van der Waals surface area contributed by atoms with Crippen LogP contribution in [0.1, 0.15) is 41.6 Å². The Balaban J connectivity index is 1.32. The maximum Gasteiger partial charge on any atom is 0.343 e. The van der Waals surface area contributed by atoms with Gasteiger partial charge in [-0.1, -0.05) is 18.7 Å². The molecular weight excluding hydrogens is 460 g/mol. The number of phenolic OH excluding ortho intramolecular Hbond substituents is 1. The fourth-order valence-electron chi connectivity index (χ4n) is 3.20. The standard InChI is InChI=1S/C29H30O7/c1-2-28(31)34-20-6-4-3-5-19-33-25-15-17-26(18-16-25)35-21-22-7-13-27(14-8-22)36-29(32)23-9-11-24(30)12-10-23/h2,7-18,30H,1,3-6,19-21H2. The van der Waals surface area contributed by atoms with Crippen LogP contribution in [-0.4, -0.2) is 30.3 Å². The lowest BCUT2D eigenvalue weighted by Crippen LogP contribution is -2.08. The number of hydrogen-bond acceptors (Lipinski definition) is 7. The van der Waals surface area contributed by atoms with Gasteiger partial charge in [0.15, 0.2) is 0 Å². The van der Waals surface area contributed by atoms with Crippen molar-refractivity contribution in [1.82, 2.24) is 0 Å². The van der Waals surface area contributed by atoms with Crippen LogP contribution in [0.4, 0.5) is 0 Å². The third kappa shape index (κ3) is 9.18. The van der Waals surface area contributed by atoms with Gasteiger partial charge in [0, 0.05) is 6.08 Å². The molecule has 36 heavy (non-hydrogen) atoms. The molecule has 0 aromatic heterocycles.